The Morgan fingerprint density at radius 1 is 1.12 bits per heavy atom. The molecule has 0 saturated heterocycles. The molecule has 2 aromatic rings. The van der Waals surface area contributed by atoms with Gasteiger partial charge in [0, 0.05) is 20.3 Å². The number of rotatable bonds is 6. The van der Waals surface area contributed by atoms with Gasteiger partial charge in [-0.05, 0) is 12.1 Å². The Morgan fingerprint density at radius 2 is 1.81 bits per heavy atom. The molecule has 2 amide bonds. The zero-order valence-electron chi connectivity index (χ0n) is 16.3. The first-order valence-electron chi connectivity index (χ1n) is 8.62. The molecule has 1 aromatic carbocycles. The predicted octanol–water partition coefficient (Wildman–Crippen LogP) is 1.82. The van der Waals surface area contributed by atoms with E-state index < -0.39 is 52.6 Å². The van der Waals surface area contributed by atoms with E-state index in [1.54, 1.807) is 0 Å². The van der Waals surface area contributed by atoms with Crippen LogP contribution in [-0.2, 0) is 7.05 Å². The van der Waals surface area contributed by atoms with Gasteiger partial charge in [-0.15, -0.1) is 10.6 Å². The van der Waals surface area contributed by atoms with Crippen molar-refractivity contribution in [3.05, 3.63) is 40.2 Å². The Hall–Kier alpha value is -3.59. The van der Waals surface area contributed by atoms with E-state index in [1.807, 2.05) is 0 Å². The number of nitrogens with zero attached hydrogens (tertiary/aromatic N) is 4. The summed E-state index contributed by atoms with van der Waals surface area (Å²) in [4.78, 5) is 25.2. The SMILES string of the molecule is CN1NNN=C1NC(=O)c1ccc(OC(F)F)c(NC(=O)c2cn(C)nc2C(F)F)c1Cl. The molecule has 172 valence electrons. The summed E-state index contributed by atoms with van der Waals surface area (Å²) in [5, 5.41) is 12.6. The third-order valence-corrected chi connectivity index (χ3v) is 4.43. The van der Waals surface area contributed by atoms with E-state index in [9.17, 15) is 27.2 Å². The largest absolute Gasteiger partial charge is 0.433 e. The summed E-state index contributed by atoms with van der Waals surface area (Å²) in [7, 11) is 2.85. The van der Waals surface area contributed by atoms with E-state index in [0.29, 0.717) is 0 Å². The zero-order chi connectivity index (χ0) is 23.6. The first kappa shape index (κ1) is 23.1. The number of hydrogen-bond donors (Lipinski definition) is 4. The molecule has 0 unspecified atom stereocenters. The monoisotopic (exact) mass is 478 g/mol. The van der Waals surface area contributed by atoms with Crippen LogP contribution in [0.4, 0.5) is 23.2 Å². The van der Waals surface area contributed by atoms with Gasteiger partial charge in [0.15, 0.2) is 5.75 Å². The number of benzene rings is 1. The van der Waals surface area contributed by atoms with Gasteiger partial charge in [-0.25, -0.2) is 14.3 Å². The van der Waals surface area contributed by atoms with Crippen LogP contribution in [0.2, 0.25) is 5.02 Å². The molecule has 1 aliphatic heterocycles. The normalized spacial score (nSPS) is 13.3. The Balaban J connectivity index is 1.96. The molecular weight excluding hydrogens is 464 g/mol. The molecule has 16 heteroatoms. The van der Waals surface area contributed by atoms with Crippen LogP contribution in [0.15, 0.2) is 23.4 Å². The molecule has 4 N–H and O–H groups in total. The number of halogens is 5. The highest BCUT2D eigenvalue weighted by molar-refractivity contribution is 6.37. The van der Waals surface area contributed by atoms with Crippen molar-refractivity contribution in [2.75, 3.05) is 12.4 Å². The van der Waals surface area contributed by atoms with E-state index in [-0.39, 0.29) is 11.5 Å². The van der Waals surface area contributed by atoms with E-state index in [4.69, 9.17) is 11.6 Å². The van der Waals surface area contributed by atoms with Gasteiger partial charge >= 0.3 is 6.61 Å². The quantitative estimate of drug-likeness (QED) is 0.467. The van der Waals surface area contributed by atoms with Crippen LogP contribution in [-0.4, -0.2) is 46.2 Å². The Morgan fingerprint density at radius 3 is 2.41 bits per heavy atom. The van der Waals surface area contributed by atoms with Gasteiger partial charge in [0.25, 0.3) is 18.2 Å². The van der Waals surface area contributed by atoms with Crippen LogP contribution in [0.1, 0.15) is 32.8 Å². The molecule has 0 spiro atoms. The van der Waals surface area contributed by atoms with Crippen LogP contribution in [0.25, 0.3) is 0 Å². The number of ether oxygens (including phenoxy) is 1. The molecule has 2 heterocycles. The second-order valence-corrected chi connectivity index (χ2v) is 6.59. The van der Waals surface area contributed by atoms with Gasteiger partial charge < -0.3 is 10.1 Å². The lowest BCUT2D eigenvalue weighted by molar-refractivity contribution is -0.0493. The Labute approximate surface area is 182 Å². The molecule has 0 bridgehead atoms. The molecule has 0 fully saturated rings. The number of guanidine groups is 1. The second kappa shape index (κ2) is 9.27. The summed E-state index contributed by atoms with van der Waals surface area (Å²) in [6.07, 6.45) is -2.06. The molecule has 1 aliphatic rings. The van der Waals surface area contributed by atoms with Crippen LogP contribution in [0.3, 0.4) is 0 Å². The fourth-order valence-corrected chi connectivity index (χ4v) is 2.92. The minimum Gasteiger partial charge on any atom is -0.433 e. The number of alkyl halides is 4. The van der Waals surface area contributed by atoms with Gasteiger partial charge in [0.1, 0.15) is 11.4 Å². The highest BCUT2D eigenvalue weighted by Crippen LogP contribution is 2.37. The van der Waals surface area contributed by atoms with Crippen molar-refractivity contribution >= 4 is 35.1 Å². The molecule has 11 nitrogen and oxygen atoms in total. The Kier molecular flexibility index (Phi) is 6.69. The van der Waals surface area contributed by atoms with Crippen LogP contribution >= 0.6 is 11.6 Å². The number of anilines is 1. The number of carbonyl (C=O) groups excluding carboxylic acids is 2. The van der Waals surface area contributed by atoms with Crippen molar-refractivity contribution in [1.82, 2.24) is 31.2 Å². The summed E-state index contributed by atoms with van der Waals surface area (Å²) in [6, 6.07) is 2.05. The first-order valence-corrected chi connectivity index (χ1v) is 9.00. The van der Waals surface area contributed by atoms with Crippen molar-refractivity contribution in [2.24, 2.45) is 12.1 Å². The predicted molar refractivity (Wildman–Crippen MR) is 103 cm³/mol. The number of aromatic nitrogens is 2. The minimum atomic E-state index is -3.30. The number of hydrogen-bond acceptors (Lipinski definition) is 8. The lowest BCUT2D eigenvalue weighted by atomic mass is 10.1. The lowest BCUT2D eigenvalue weighted by Gasteiger charge is -2.17. The van der Waals surface area contributed by atoms with Crippen molar-refractivity contribution < 1.29 is 31.9 Å². The molecular formula is C16H15ClF4N8O3. The molecule has 1 aromatic heterocycles. The molecule has 32 heavy (non-hydrogen) atoms. The van der Waals surface area contributed by atoms with Gasteiger partial charge in [0.05, 0.1) is 16.1 Å². The van der Waals surface area contributed by atoms with E-state index in [2.05, 4.69) is 36.6 Å². The van der Waals surface area contributed by atoms with Gasteiger partial charge in [-0.1, -0.05) is 11.6 Å². The van der Waals surface area contributed by atoms with Crippen LogP contribution < -0.4 is 26.4 Å². The van der Waals surface area contributed by atoms with Crippen molar-refractivity contribution in [1.29, 1.82) is 0 Å². The average molecular weight is 479 g/mol. The maximum atomic E-state index is 13.2. The highest BCUT2D eigenvalue weighted by Gasteiger charge is 2.27. The van der Waals surface area contributed by atoms with Crippen molar-refractivity contribution in [2.45, 2.75) is 13.0 Å². The topological polar surface area (TPSA) is 125 Å². The third kappa shape index (κ3) is 4.83. The standard InChI is InChI=1S/C16H15ClF4N8O3/c1-28-5-7(10(25-28)12(18)19)14(31)22-11-8(32-15(20)21)4-3-6(9(11)17)13(30)23-16-24-26-27-29(16)2/h3-5,12,15,26-27H,1-2H3,(H,22,31)(H,23,24,30). The zero-order valence-corrected chi connectivity index (χ0v) is 17.0. The number of aryl methyl sites for hydroxylation is 1. The smallest absolute Gasteiger partial charge is 0.387 e. The second-order valence-electron chi connectivity index (χ2n) is 6.21. The van der Waals surface area contributed by atoms with Crippen LogP contribution in [0, 0.1) is 0 Å². The summed E-state index contributed by atoms with van der Waals surface area (Å²) in [5.74, 6) is -2.46. The Bertz CT molecular complexity index is 1080. The van der Waals surface area contributed by atoms with Crippen molar-refractivity contribution in [3.8, 4) is 5.75 Å². The van der Waals surface area contributed by atoms with E-state index in [1.165, 1.54) is 19.1 Å². The number of hydrazine groups is 2. The number of carbonyl (C=O) groups is 2. The maximum absolute atomic E-state index is 13.2. The van der Waals surface area contributed by atoms with Crippen LogP contribution in [0.5, 0.6) is 5.75 Å². The van der Waals surface area contributed by atoms with E-state index >= 15 is 0 Å². The van der Waals surface area contributed by atoms with Crippen molar-refractivity contribution in [3.63, 3.8) is 0 Å². The van der Waals surface area contributed by atoms with Gasteiger partial charge in [-0.2, -0.15) is 13.9 Å². The summed E-state index contributed by atoms with van der Waals surface area (Å²) in [5.41, 5.74) is 2.82. The molecule has 3 rings (SSSR count). The lowest BCUT2D eigenvalue weighted by Crippen LogP contribution is -2.45. The maximum Gasteiger partial charge on any atom is 0.387 e. The number of hydrazone groups is 1. The summed E-state index contributed by atoms with van der Waals surface area (Å²) >= 11 is 6.20. The number of nitrogens with one attached hydrogen (secondary N) is 4. The minimum absolute atomic E-state index is 0.0569. The third-order valence-electron chi connectivity index (χ3n) is 4.03. The number of amides is 2. The van der Waals surface area contributed by atoms with Gasteiger partial charge in [0.2, 0.25) is 5.96 Å². The fraction of sp³-hybridized carbons (Fsp3) is 0.250. The first-order chi connectivity index (χ1) is 15.1. The highest BCUT2D eigenvalue weighted by atomic mass is 35.5. The molecule has 0 radical (unpaired) electrons. The fourth-order valence-electron chi connectivity index (χ4n) is 2.63. The summed E-state index contributed by atoms with van der Waals surface area (Å²) < 4.78 is 57.4. The molecule has 0 aliphatic carbocycles. The molecule has 0 saturated carbocycles. The summed E-state index contributed by atoms with van der Waals surface area (Å²) in [6.45, 7) is -3.30. The molecule has 0 atom stereocenters. The van der Waals surface area contributed by atoms with E-state index in [0.717, 1.165) is 23.0 Å². The van der Waals surface area contributed by atoms with Gasteiger partial charge in [-0.3, -0.25) is 24.6 Å². The average Bonchev–Trinajstić information content (AvgIpc) is 3.29.